The van der Waals surface area contributed by atoms with Crippen LogP contribution in [0.4, 0.5) is 37.2 Å². The molecule has 282 valence electrons. The van der Waals surface area contributed by atoms with Gasteiger partial charge in [0, 0.05) is 30.0 Å². The Morgan fingerprint density at radius 3 is 2.74 bits per heavy atom. The first-order valence-electron chi connectivity index (χ1n) is 17.5. The number of ether oxygens (including phenoxy) is 3. The predicted octanol–water partition coefficient (Wildman–Crippen LogP) is 8.53. The molecule has 0 aliphatic carbocycles. The van der Waals surface area contributed by atoms with Crippen molar-refractivity contribution in [2.24, 2.45) is 5.92 Å². The number of nitrogens with zero attached hydrogens (tertiary/aromatic N) is 5. The van der Waals surface area contributed by atoms with Crippen molar-refractivity contribution in [1.82, 2.24) is 14.9 Å². The zero-order chi connectivity index (χ0) is 37.3. The molecular weight excluding hydrogens is 746 g/mol. The van der Waals surface area contributed by atoms with Crippen molar-refractivity contribution < 1.29 is 40.6 Å². The molecule has 0 spiro atoms. The Morgan fingerprint density at radius 1 is 1.17 bits per heavy atom. The Balaban J connectivity index is 1.39. The zero-order valence-corrected chi connectivity index (χ0v) is 30.1. The quantitative estimate of drug-likeness (QED) is 0.176. The highest BCUT2D eigenvalue weighted by atomic mass is 35.5. The minimum atomic E-state index is -3.09. The summed E-state index contributed by atoms with van der Waals surface area (Å²) in [5.74, 6) is -1.67. The fourth-order valence-electron chi connectivity index (χ4n) is 9.08. The van der Waals surface area contributed by atoms with Gasteiger partial charge in [-0.3, -0.25) is 4.90 Å². The normalized spacial score (nSPS) is 25.8. The van der Waals surface area contributed by atoms with Gasteiger partial charge in [-0.1, -0.05) is 24.6 Å². The van der Waals surface area contributed by atoms with Gasteiger partial charge in [0.2, 0.25) is 0 Å². The van der Waals surface area contributed by atoms with E-state index in [2.05, 4.69) is 16.8 Å². The molecule has 2 aromatic heterocycles. The van der Waals surface area contributed by atoms with Gasteiger partial charge in [-0.05, 0) is 62.6 Å². The van der Waals surface area contributed by atoms with E-state index in [1.165, 1.54) is 6.07 Å². The van der Waals surface area contributed by atoms with Crippen LogP contribution in [-0.2, 0) is 4.74 Å². The maximum absolute atomic E-state index is 17.5. The van der Waals surface area contributed by atoms with Crippen molar-refractivity contribution in [2.75, 3.05) is 36.9 Å². The molecule has 4 unspecified atom stereocenters. The Kier molecular flexibility index (Phi) is 9.44. The number of alkyl halides is 4. The fourth-order valence-corrected chi connectivity index (χ4v) is 10.3. The molecule has 0 bridgehead atoms. The summed E-state index contributed by atoms with van der Waals surface area (Å²) in [6.07, 6.45) is -1.02. The Labute approximate surface area is 309 Å². The third-order valence-corrected chi connectivity index (χ3v) is 12.6. The van der Waals surface area contributed by atoms with Crippen LogP contribution in [0.3, 0.4) is 0 Å². The number of hydrogen-bond donors (Lipinski definition) is 1. The van der Waals surface area contributed by atoms with Crippen LogP contribution in [0.1, 0.15) is 57.4 Å². The molecule has 2 N–H and O–H groups in total. The number of fused-ring (bicyclic) bond motifs is 4. The number of nitrogen functional groups attached to an aromatic ring is 1. The molecule has 5 atom stereocenters. The van der Waals surface area contributed by atoms with E-state index in [4.69, 9.17) is 36.5 Å². The van der Waals surface area contributed by atoms with E-state index in [0.29, 0.717) is 25.2 Å². The summed E-state index contributed by atoms with van der Waals surface area (Å²) in [7, 11) is 0. The van der Waals surface area contributed by atoms with Crippen molar-refractivity contribution >= 4 is 54.7 Å². The van der Waals surface area contributed by atoms with Gasteiger partial charge < -0.3 is 24.8 Å². The number of nitriles is 1. The first kappa shape index (κ1) is 36.2. The summed E-state index contributed by atoms with van der Waals surface area (Å²) < 4.78 is 106. The van der Waals surface area contributed by atoms with Gasteiger partial charge in [0.25, 0.3) is 6.43 Å². The number of rotatable bonds is 8. The van der Waals surface area contributed by atoms with Crippen molar-refractivity contribution in [1.29, 1.82) is 5.26 Å². The van der Waals surface area contributed by atoms with E-state index < -0.39 is 60.0 Å². The van der Waals surface area contributed by atoms with Crippen molar-refractivity contribution in [3.63, 3.8) is 0 Å². The van der Waals surface area contributed by atoms with Crippen LogP contribution in [0.15, 0.2) is 12.1 Å². The van der Waals surface area contributed by atoms with E-state index in [1.807, 2.05) is 6.07 Å². The molecule has 6 heterocycles. The van der Waals surface area contributed by atoms with Gasteiger partial charge in [0.15, 0.2) is 17.7 Å². The summed E-state index contributed by atoms with van der Waals surface area (Å²) >= 11 is 7.80. The standard InChI is InChI=1S/C36H35ClF6N6O3S/c1-16-11-36(8-3-9-48(36)13-16)15-51-35-46-28-25-29(26(37)24(27(28)39)19-6-7-21(38)30-23(19)20(12-44)32(45)53-30)52-22(31(40)41)10-17-4-2-5-18(14-50-34(42)43)49(17)33(25)47-35/h6-7,16-18,22,31,34H,2-5,8-11,13-15,45H2,1H3/t16-,17?,18?,22?,36?/m1/s1. The highest BCUT2D eigenvalue weighted by Gasteiger charge is 2.48. The smallest absolute Gasteiger partial charge is 0.345 e. The molecule has 0 saturated carbocycles. The molecule has 53 heavy (non-hydrogen) atoms. The second-order valence-corrected chi connectivity index (χ2v) is 15.9. The van der Waals surface area contributed by atoms with Crippen LogP contribution in [0.2, 0.25) is 5.02 Å². The van der Waals surface area contributed by atoms with Crippen LogP contribution >= 0.6 is 22.9 Å². The molecule has 17 heteroatoms. The monoisotopic (exact) mass is 780 g/mol. The van der Waals surface area contributed by atoms with Crippen molar-refractivity contribution in [3.05, 3.63) is 34.4 Å². The molecule has 0 radical (unpaired) electrons. The van der Waals surface area contributed by atoms with Gasteiger partial charge in [-0.25, -0.2) is 17.6 Å². The van der Waals surface area contributed by atoms with Crippen LogP contribution in [-0.4, -0.2) is 77.9 Å². The van der Waals surface area contributed by atoms with Gasteiger partial charge in [-0.15, -0.1) is 11.3 Å². The van der Waals surface area contributed by atoms with Gasteiger partial charge in [0.1, 0.15) is 34.8 Å². The third kappa shape index (κ3) is 6.07. The molecule has 3 fully saturated rings. The molecule has 2 aromatic carbocycles. The summed E-state index contributed by atoms with van der Waals surface area (Å²) in [5.41, 5.74) is 4.88. The van der Waals surface area contributed by atoms with Crippen LogP contribution in [0.5, 0.6) is 11.8 Å². The molecule has 4 aromatic rings. The highest BCUT2D eigenvalue weighted by Crippen LogP contribution is 2.52. The lowest BCUT2D eigenvalue weighted by Gasteiger charge is -2.45. The number of nitrogens with two attached hydrogens (primary N) is 1. The number of hydrogen-bond acceptors (Lipinski definition) is 10. The number of halogens is 7. The van der Waals surface area contributed by atoms with Crippen LogP contribution < -0.4 is 20.1 Å². The number of anilines is 2. The number of piperidine rings is 1. The number of thiophene rings is 1. The fraction of sp³-hybridized carbons (Fsp3) is 0.528. The summed E-state index contributed by atoms with van der Waals surface area (Å²) in [5, 5.41) is 9.36. The largest absolute Gasteiger partial charge is 0.482 e. The third-order valence-electron chi connectivity index (χ3n) is 11.2. The Bertz CT molecular complexity index is 2140. The second-order valence-electron chi connectivity index (χ2n) is 14.5. The molecular formula is C36H35ClF6N6O3S. The van der Waals surface area contributed by atoms with Gasteiger partial charge in [0.05, 0.1) is 38.9 Å². The lowest BCUT2D eigenvalue weighted by Crippen LogP contribution is -2.52. The van der Waals surface area contributed by atoms with E-state index >= 15 is 8.78 Å². The summed E-state index contributed by atoms with van der Waals surface area (Å²) in [6, 6.07) is 2.60. The van der Waals surface area contributed by atoms with E-state index in [0.717, 1.165) is 49.8 Å². The molecule has 4 aliphatic heterocycles. The topological polar surface area (TPSA) is 110 Å². The minimum absolute atomic E-state index is 0.00938. The molecule has 8 rings (SSSR count). The summed E-state index contributed by atoms with van der Waals surface area (Å²) in [6.45, 7) is 0.626. The molecule has 0 amide bonds. The van der Waals surface area contributed by atoms with Crippen LogP contribution in [0, 0.1) is 28.9 Å². The molecule has 4 aliphatic rings. The molecule has 9 nitrogen and oxygen atoms in total. The van der Waals surface area contributed by atoms with E-state index in [9.17, 15) is 22.8 Å². The average Bonchev–Trinajstić information content (AvgIpc) is 3.76. The van der Waals surface area contributed by atoms with Crippen molar-refractivity contribution in [3.8, 4) is 29.0 Å². The zero-order valence-electron chi connectivity index (χ0n) is 28.5. The Morgan fingerprint density at radius 2 is 1.98 bits per heavy atom. The SMILES string of the molecule is C[C@H]1CN2CCCC2(COc2nc3c4c(c(Cl)c(-c5ccc(F)c6sc(N)c(C#N)c56)c(F)c4n2)OC(C(F)F)CC2CCCC(COC(F)F)N32)C1. The highest BCUT2D eigenvalue weighted by molar-refractivity contribution is 7.23. The second kappa shape index (κ2) is 13.8. The van der Waals surface area contributed by atoms with E-state index in [1.54, 1.807) is 4.90 Å². The number of aromatic nitrogens is 2. The van der Waals surface area contributed by atoms with Crippen LogP contribution in [0.25, 0.3) is 32.1 Å². The number of benzene rings is 2. The first-order chi connectivity index (χ1) is 25.4. The lowest BCUT2D eigenvalue weighted by molar-refractivity contribution is -0.133. The molecule has 3 saturated heterocycles. The average molecular weight is 781 g/mol. The first-order valence-corrected chi connectivity index (χ1v) is 18.7. The Hall–Kier alpha value is -3.78. The van der Waals surface area contributed by atoms with E-state index in [-0.39, 0.29) is 73.3 Å². The minimum Gasteiger partial charge on any atom is -0.482 e. The maximum atomic E-state index is 17.5. The van der Waals surface area contributed by atoms with Crippen molar-refractivity contribution in [2.45, 2.75) is 88.6 Å². The lowest BCUT2D eigenvalue weighted by atomic mass is 9.90. The summed E-state index contributed by atoms with van der Waals surface area (Å²) in [4.78, 5) is 13.3. The predicted molar refractivity (Wildman–Crippen MR) is 188 cm³/mol. The maximum Gasteiger partial charge on any atom is 0.345 e. The van der Waals surface area contributed by atoms with Gasteiger partial charge in [-0.2, -0.15) is 24.0 Å². The van der Waals surface area contributed by atoms with Gasteiger partial charge >= 0.3 is 12.6 Å².